The molecule has 1 heterocycles. The molecule has 33 heavy (non-hydrogen) atoms. The topological polar surface area (TPSA) is 56.4 Å². The Balaban J connectivity index is 1.36. The summed E-state index contributed by atoms with van der Waals surface area (Å²) in [7, 11) is 2.17. The van der Waals surface area contributed by atoms with E-state index >= 15 is 0 Å². The molecule has 0 saturated carbocycles. The van der Waals surface area contributed by atoms with Crippen molar-refractivity contribution in [1.82, 2.24) is 15.5 Å². The fourth-order valence-corrected chi connectivity index (χ4v) is 4.73. The van der Waals surface area contributed by atoms with Gasteiger partial charge in [0, 0.05) is 36.9 Å². The van der Waals surface area contributed by atoms with Crippen molar-refractivity contribution in [3.63, 3.8) is 0 Å². The maximum atomic E-state index is 13.2. The van der Waals surface area contributed by atoms with E-state index in [4.69, 9.17) is 0 Å². The molecule has 3 aromatic rings. The fourth-order valence-electron chi connectivity index (χ4n) is 4.73. The normalized spacial score (nSPS) is 16.8. The number of nitrogens with zero attached hydrogens (tertiary/aromatic N) is 1. The number of rotatable bonds is 9. The van der Waals surface area contributed by atoms with E-state index < -0.39 is 0 Å². The summed E-state index contributed by atoms with van der Waals surface area (Å²) in [5, 5.41) is 12.6. The van der Waals surface area contributed by atoms with Gasteiger partial charge >= 0.3 is 0 Å². The van der Waals surface area contributed by atoms with Crippen LogP contribution >= 0.6 is 0 Å². The molecule has 1 fully saturated rings. The van der Waals surface area contributed by atoms with Crippen molar-refractivity contribution >= 4 is 22.4 Å². The lowest BCUT2D eigenvalue weighted by Gasteiger charge is -2.21. The Hall–Kier alpha value is -2.89. The van der Waals surface area contributed by atoms with Crippen LogP contribution in [-0.4, -0.2) is 50.1 Å². The van der Waals surface area contributed by atoms with Crippen LogP contribution in [0.2, 0.25) is 0 Å². The van der Waals surface area contributed by atoms with Gasteiger partial charge in [0.1, 0.15) is 0 Å². The monoisotopic (exact) mass is 444 g/mol. The highest BCUT2D eigenvalue weighted by atomic mass is 16.1. The van der Waals surface area contributed by atoms with Crippen molar-refractivity contribution in [2.45, 2.75) is 38.8 Å². The summed E-state index contributed by atoms with van der Waals surface area (Å²) in [6, 6.07) is 21.1. The first-order valence-electron chi connectivity index (χ1n) is 12.1. The van der Waals surface area contributed by atoms with Gasteiger partial charge in [0.25, 0.3) is 5.91 Å². The number of hydrogen-bond donors (Lipinski definition) is 3. The third kappa shape index (κ3) is 5.92. The molecule has 5 nitrogen and oxygen atoms in total. The van der Waals surface area contributed by atoms with Gasteiger partial charge in [-0.3, -0.25) is 4.79 Å². The Labute approximate surface area is 197 Å². The quantitative estimate of drug-likeness (QED) is 0.446. The summed E-state index contributed by atoms with van der Waals surface area (Å²) in [5.74, 6) is -0.0407. The van der Waals surface area contributed by atoms with Crippen molar-refractivity contribution in [3.8, 4) is 0 Å². The molecule has 3 aromatic carbocycles. The molecule has 0 radical (unpaired) electrons. The lowest BCUT2D eigenvalue weighted by Crippen LogP contribution is -2.37. The Morgan fingerprint density at radius 1 is 1.15 bits per heavy atom. The molecule has 0 unspecified atom stereocenters. The van der Waals surface area contributed by atoms with Crippen molar-refractivity contribution in [2.75, 3.05) is 38.5 Å². The average Bonchev–Trinajstić information content (AvgIpc) is 3.32. The van der Waals surface area contributed by atoms with Crippen molar-refractivity contribution in [2.24, 2.45) is 0 Å². The summed E-state index contributed by atoms with van der Waals surface area (Å²) >= 11 is 0. The predicted molar refractivity (Wildman–Crippen MR) is 138 cm³/mol. The van der Waals surface area contributed by atoms with E-state index in [0.717, 1.165) is 48.6 Å². The van der Waals surface area contributed by atoms with Crippen LogP contribution in [0.25, 0.3) is 10.8 Å². The minimum atomic E-state index is -0.0857. The molecule has 3 N–H and O–H groups in total. The van der Waals surface area contributed by atoms with Gasteiger partial charge in [-0.1, -0.05) is 48.5 Å². The number of benzene rings is 3. The molecule has 0 aliphatic carbocycles. The average molecular weight is 445 g/mol. The van der Waals surface area contributed by atoms with Gasteiger partial charge in [0.15, 0.2) is 0 Å². The summed E-state index contributed by atoms with van der Waals surface area (Å²) in [6.07, 6.45) is 2.55. The zero-order chi connectivity index (χ0) is 23.2. The first kappa shape index (κ1) is 23.3. The lowest BCUT2D eigenvalue weighted by molar-refractivity contribution is 0.0939. The number of aryl methyl sites for hydroxylation is 1. The van der Waals surface area contributed by atoms with Crippen molar-refractivity contribution in [3.05, 3.63) is 77.4 Å². The van der Waals surface area contributed by atoms with Crippen molar-refractivity contribution < 1.29 is 4.79 Å². The second-order valence-corrected chi connectivity index (χ2v) is 9.28. The standard InChI is InChI=1S/C28H36N4O/c1-20-13-14-23(30-16-17-32(3)19-24-10-7-15-29-24)18-27(20)28(33)31-21(2)25-12-6-9-22-8-4-5-11-26(22)25/h4-6,8-9,11-14,18,21,24,29-30H,7,10,15-17,19H2,1-3H3,(H,31,33)/t21-,24-/m1/s1. The van der Waals surface area contributed by atoms with Crippen LogP contribution in [-0.2, 0) is 0 Å². The third-order valence-electron chi connectivity index (χ3n) is 6.64. The van der Waals surface area contributed by atoms with Gasteiger partial charge in [-0.25, -0.2) is 0 Å². The molecular formula is C28H36N4O. The zero-order valence-electron chi connectivity index (χ0n) is 20.0. The van der Waals surface area contributed by atoms with E-state index in [2.05, 4.69) is 64.3 Å². The predicted octanol–water partition coefficient (Wildman–Crippen LogP) is 4.73. The molecule has 1 aliphatic rings. The van der Waals surface area contributed by atoms with E-state index in [9.17, 15) is 4.79 Å². The smallest absolute Gasteiger partial charge is 0.252 e. The Bertz CT molecular complexity index is 1080. The van der Waals surface area contributed by atoms with Gasteiger partial charge in [0.2, 0.25) is 0 Å². The fraction of sp³-hybridized carbons (Fsp3) is 0.393. The number of likely N-dealkylation sites (N-methyl/N-ethyl adjacent to an activating group) is 1. The van der Waals surface area contributed by atoms with Crippen molar-refractivity contribution in [1.29, 1.82) is 0 Å². The molecule has 1 aliphatic heterocycles. The Morgan fingerprint density at radius 3 is 2.79 bits per heavy atom. The van der Waals surface area contributed by atoms with Gasteiger partial charge in [-0.05, 0) is 74.3 Å². The number of anilines is 1. The molecular weight excluding hydrogens is 408 g/mol. The Kier molecular flexibility index (Phi) is 7.63. The summed E-state index contributed by atoms with van der Waals surface area (Å²) in [4.78, 5) is 15.5. The summed E-state index contributed by atoms with van der Waals surface area (Å²) in [5.41, 5.74) is 3.81. The maximum Gasteiger partial charge on any atom is 0.252 e. The molecule has 2 atom stereocenters. The molecule has 0 spiro atoms. The molecule has 5 heteroatoms. The number of carbonyl (C=O) groups excluding carboxylic acids is 1. The van der Waals surface area contributed by atoms with Crippen LogP contribution in [0.5, 0.6) is 0 Å². The van der Waals surface area contributed by atoms with Gasteiger partial charge in [0.05, 0.1) is 6.04 Å². The molecule has 1 saturated heterocycles. The summed E-state index contributed by atoms with van der Waals surface area (Å²) in [6.45, 7) is 8.07. The number of fused-ring (bicyclic) bond motifs is 1. The minimum absolute atomic E-state index is 0.0407. The van der Waals surface area contributed by atoms with Crippen LogP contribution in [0.1, 0.15) is 47.3 Å². The second-order valence-electron chi connectivity index (χ2n) is 9.28. The van der Waals surface area contributed by atoms with E-state index in [1.165, 1.54) is 23.6 Å². The number of carbonyl (C=O) groups is 1. The second kappa shape index (κ2) is 10.8. The van der Waals surface area contributed by atoms with Crippen LogP contribution in [0.4, 0.5) is 5.69 Å². The number of hydrogen-bond acceptors (Lipinski definition) is 4. The van der Waals surface area contributed by atoms with Gasteiger partial charge in [-0.2, -0.15) is 0 Å². The van der Waals surface area contributed by atoms with E-state index in [1.807, 2.05) is 38.1 Å². The van der Waals surface area contributed by atoms with Crippen LogP contribution in [0.3, 0.4) is 0 Å². The number of nitrogens with one attached hydrogen (secondary N) is 3. The SMILES string of the molecule is Cc1ccc(NCCN(C)C[C@H]2CCCN2)cc1C(=O)N[C@H](C)c1cccc2ccccc12. The van der Waals surface area contributed by atoms with Crippen LogP contribution in [0.15, 0.2) is 60.7 Å². The molecule has 4 rings (SSSR count). The maximum absolute atomic E-state index is 13.2. The zero-order valence-corrected chi connectivity index (χ0v) is 20.0. The third-order valence-corrected chi connectivity index (χ3v) is 6.64. The minimum Gasteiger partial charge on any atom is -0.384 e. The Morgan fingerprint density at radius 2 is 1.97 bits per heavy atom. The molecule has 0 bridgehead atoms. The first-order valence-corrected chi connectivity index (χ1v) is 12.1. The molecule has 0 aromatic heterocycles. The largest absolute Gasteiger partial charge is 0.384 e. The molecule has 174 valence electrons. The number of amides is 1. The van der Waals surface area contributed by atoms with Gasteiger partial charge in [-0.15, -0.1) is 0 Å². The lowest BCUT2D eigenvalue weighted by atomic mass is 9.99. The molecule has 1 amide bonds. The first-order chi connectivity index (χ1) is 16.0. The van der Waals surface area contributed by atoms with Crippen LogP contribution in [0, 0.1) is 6.92 Å². The van der Waals surface area contributed by atoms with Gasteiger partial charge < -0.3 is 20.9 Å². The van der Waals surface area contributed by atoms with E-state index in [-0.39, 0.29) is 11.9 Å². The van der Waals surface area contributed by atoms with Crippen LogP contribution < -0.4 is 16.0 Å². The highest BCUT2D eigenvalue weighted by Gasteiger charge is 2.17. The van der Waals surface area contributed by atoms with E-state index in [1.54, 1.807) is 0 Å². The van der Waals surface area contributed by atoms with E-state index in [0.29, 0.717) is 6.04 Å². The highest BCUT2D eigenvalue weighted by molar-refractivity contribution is 5.97. The summed E-state index contributed by atoms with van der Waals surface area (Å²) < 4.78 is 0. The highest BCUT2D eigenvalue weighted by Crippen LogP contribution is 2.25.